The first-order chi connectivity index (χ1) is 11.3. The second-order valence-corrected chi connectivity index (χ2v) is 6.25. The van der Waals surface area contributed by atoms with Gasteiger partial charge >= 0.3 is 0 Å². The summed E-state index contributed by atoms with van der Waals surface area (Å²) in [5, 5.41) is 0. The SMILES string of the molecule is COc1ccccc1[S+]([O-])c1ccc(Oc2ccccc2)cc1. The summed E-state index contributed by atoms with van der Waals surface area (Å²) in [4.78, 5) is 1.36. The van der Waals surface area contributed by atoms with Crippen molar-refractivity contribution < 1.29 is 14.0 Å². The smallest absolute Gasteiger partial charge is 0.200 e. The maximum atomic E-state index is 12.7. The Morgan fingerprint density at radius 1 is 0.739 bits per heavy atom. The Labute approximate surface area is 138 Å². The van der Waals surface area contributed by atoms with E-state index >= 15 is 0 Å². The lowest BCUT2D eigenvalue weighted by Gasteiger charge is -2.13. The molecule has 0 bridgehead atoms. The highest BCUT2D eigenvalue weighted by atomic mass is 32.2. The largest absolute Gasteiger partial charge is 0.606 e. The van der Waals surface area contributed by atoms with E-state index < -0.39 is 11.2 Å². The molecular formula is C19H16O3S. The third-order valence-corrected chi connectivity index (χ3v) is 4.72. The molecule has 1 atom stereocenters. The molecule has 4 heteroatoms. The highest BCUT2D eigenvalue weighted by Gasteiger charge is 2.19. The fourth-order valence-electron chi connectivity index (χ4n) is 2.15. The first-order valence-electron chi connectivity index (χ1n) is 7.15. The predicted molar refractivity (Wildman–Crippen MR) is 90.6 cm³/mol. The van der Waals surface area contributed by atoms with Crippen LogP contribution in [0.5, 0.6) is 17.2 Å². The third-order valence-electron chi connectivity index (χ3n) is 3.29. The molecule has 3 aromatic rings. The van der Waals surface area contributed by atoms with Crippen LogP contribution in [0.2, 0.25) is 0 Å². The molecule has 0 amide bonds. The second-order valence-electron chi connectivity index (χ2n) is 4.81. The standard InChI is InChI=1S/C19H16O3S/c1-21-18-9-5-6-10-19(18)23(20)17-13-11-16(12-14-17)22-15-7-3-2-4-8-15/h2-14H,1H3. The predicted octanol–water partition coefficient (Wildman–Crippen LogP) is 4.65. The molecule has 1 unspecified atom stereocenters. The van der Waals surface area contributed by atoms with Crippen LogP contribution in [0.25, 0.3) is 0 Å². The molecule has 0 saturated carbocycles. The van der Waals surface area contributed by atoms with Crippen molar-refractivity contribution >= 4 is 11.2 Å². The van der Waals surface area contributed by atoms with Gasteiger partial charge in [0.2, 0.25) is 0 Å². The Morgan fingerprint density at radius 2 is 1.35 bits per heavy atom. The van der Waals surface area contributed by atoms with Crippen LogP contribution < -0.4 is 9.47 Å². The van der Waals surface area contributed by atoms with E-state index in [4.69, 9.17) is 9.47 Å². The molecule has 3 aromatic carbocycles. The van der Waals surface area contributed by atoms with Gasteiger partial charge in [-0.25, -0.2) is 0 Å². The molecule has 23 heavy (non-hydrogen) atoms. The molecule has 3 nitrogen and oxygen atoms in total. The van der Waals surface area contributed by atoms with E-state index in [2.05, 4.69) is 0 Å². The van der Waals surface area contributed by atoms with Crippen LogP contribution in [-0.4, -0.2) is 11.7 Å². The van der Waals surface area contributed by atoms with E-state index in [9.17, 15) is 4.55 Å². The Balaban J connectivity index is 1.79. The van der Waals surface area contributed by atoms with Crippen molar-refractivity contribution in [2.75, 3.05) is 7.11 Å². The molecule has 0 N–H and O–H groups in total. The van der Waals surface area contributed by atoms with Crippen LogP contribution in [0.15, 0.2) is 88.7 Å². The van der Waals surface area contributed by atoms with E-state index in [1.807, 2.05) is 60.7 Å². The Hall–Kier alpha value is -2.43. The van der Waals surface area contributed by atoms with Crippen LogP contribution >= 0.6 is 0 Å². The Morgan fingerprint density at radius 3 is 2.04 bits per heavy atom. The summed E-state index contributed by atoms with van der Waals surface area (Å²) in [5.41, 5.74) is 0. The normalized spacial score (nSPS) is 11.7. The molecule has 0 saturated heterocycles. The van der Waals surface area contributed by atoms with E-state index in [0.29, 0.717) is 21.3 Å². The molecular weight excluding hydrogens is 308 g/mol. The van der Waals surface area contributed by atoms with Crippen molar-refractivity contribution in [1.29, 1.82) is 0 Å². The highest BCUT2D eigenvalue weighted by molar-refractivity contribution is 7.91. The highest BCUT2D eigenvalue weighted by Crippen LogP contribution is 2.30. The van der Waals surface area contributed by atoms with Gasteiger partial charge < -0.3 is 14.0 Å². The zero-order chi connectivity index (χ0) is 16.1. The lowest BCUT2D eigenvalue weighted by atomic mass is 10.3. The monoisotopic (exact) mass is 324 g/mol. The van der Waals surface area contributed by atoms with Crippen molar-refractivity contribution in [2.45, 2.75) is 9.79 Å². The zero-order valence-electron chi connectivity index (χ0n) is 12.6. The van der Waals surface area contributed by atoms with Crippen LogP contribution in [-0.2, 0) is 11.2 Å². The van der Waals surface area contributed by atoms with Crippen molar-refractivity contribution in [3.63, 3.8) is 0 Å². The van der Waals surface area contributed by atoms with Crippen molar-refractivity contribution in [3.8, 4) is 17.2 Å². The maximum Gasteiger partial charge on any atom is 0.200 e. The fourth-order valence-corrected chi connectivity index (χ4v) is 3.33. The van der Waals surface area contributed by atoms with Gasteiger partial charge in [-0.2, -0.15) is 0 Å². The van der Waals surface area contributed by atoms with Crippen molar-refractivity contribution in [2.24, 2.45) is 0 Å². The Bertz CT molecular complexity index is 757. The summed E-state index contributed by atoms with van der Waals surface area (Å²) in [6, 6.07) is 24.1. The van der Waals surface area contributed by atoms with Crippen molar-refractivity contribution in [3.05, 3.63) is 78.9 Å². The van der Waals surface area contributed by atoms with E-state index in [1.165, 1.54) is 0 Å². The lowest BCUT2D eigenvalue weighted by Crippen LogP contribution is -2.04. The van der Waals surface area contributed by atoms with Gasteiger partial charge in [0.1, 0.15) is 11.5 Å². The average Bonchev–Trinajstić information content (AvgIpc) is 2.62. The van der Waals surface area contributed by atoms with E-state index in [1.54, 1.807) is 25.3 Å². The number of methoxy groups -OCH3 is 1. The molecule has 0 spiro atoms. The van der Waals surface area contributed by atoms with Crippen LogP contribution in [0.4, 0.5) is 0 Å². The average molecular weight is 324 g/mol. The van der Waals surface area contributed by atoms with Gasteiger partial charge in [0.15, 0.2) is 15.5 Å². The Kier molecular flexibility index (Phi) is 4.86. The number of benzene rings is 3. The van der Waals surface area contributed by atoms with Crippen LogP contribution in [0.3, 0.4) is 0 Å². The first kappa shape index (κ1) is 15.5. The van der Waals surface area contributed by atoms with Gasteiger partial charge in [0, 0.05) is 11.2 Å². The molecule has 0 aliphatic heterocycles. The number of ether oxygens (including phenoxy) is 2. The molecule has 0 aromatic heterocycles. The summed E-state index contributed by atoms with van der Waals surface area (Å²) >= 11 is -1.29. The summed E-state index contributed by atoms with van der Waals surface area (Å²) < 4.78 is 23.7. The fraction of sp³-hybridized carbons (Fsp3) is 0.0526. The molecule has 0 aliphatic carbocycles. The topological polar surface area (TPSA) is 41.5 Å². The number of rotatable bonds is 5. The molecule has 3 rings (SSSR count). The third kappa shape index (κ3) is 3.67. The summed E-state index contributed by atoms with van der Waals surface area (Å²) in [6.07, 6.45) is 0. The minimum absolute atomic E-state index is 0.621. The molecule has 0 radical (unpaired) electrons. The minimum atomic E-state index is -1.29. The van der Waals surface area contributed by atoms with Gasteiger partial charge in [0.25, 0.3) is 0 Å². The first-order valence-corrected chi connectivity index (χ1v) is 8.30. The van der Waals surface area contributed by atoms with Gasteiger partial charge in [-0.05, 0) is 48.5 Å². The molecule has 0 aliphatic rings. The van der Waals surface area contributed by atoms with Crippen molar-refractivity contribution in [1.82, 2.24) is 0 Å². The van der Waals surface area contributed by atoms with Gasteiger partial charge in [0.05, 0.1) is 7.11 Å². The van der Waals surface area contributed by atoms with Crippen LogP contribution in [0.1, 0.15) is 0 Å². The quantitative estimate of drug-likeness (QED) is 0.641. The molecule has 0 fully saturated rings. The molecule has 0 heterocycles. The summed E-state index contributed by atoms with van der Waals surface area (Å²) in [6.45, 7) is 0. The van der Waals surface area contributed by atoms with E-state index in [-0.39, 0.29) is 0 Å². The summed E-state index contributed by atoms with van der Waals surface area (Å²) in [7, 11) is 1.58. The zero-order valence-corrected chi connectivity index (χ0v) is 13.5. The minimum Gasteiger partial charge on any atom is -0.606 e. The van der Waals surface area contributed by atoms with Gasteiger partial charge in [-0.15, -0.1) is 0 Å². The number of hydrogen-bond donors (Lipinski definition) is 0. The summed E-state index contributed by atoms with van der Waals surface area (Å²) in [5.74, 6) is 2.10. The number of hydrogen-bond acceptors (Lipinski definition) is 3. The number of para-hydroxylation sites is 2. The van der Waals surface area contributed by atoms with Crippen LogP contribution in [0, 0.1) is 0 Å². The molecule has 116 valence electrons. The van der Waals surface area contributed by atoms with Gasteiger partial charge in [-0.3, -0.25) is 0 Å². The maximum absolute atomic E-state index is 12.7. The van der Waals surface area contributed by atoms with E-state index in [0.717, 1.165) is 5.75 Å². The second kappa shape index (κ2) is 7.22. The lowest BCUT2D eigenvalue weighted by molar-refractivity contribution is 0.402. The van der Waals surface area contributed by atoms with Gasteiger partial charge in [-0.1, -0.05) is 30.3 Å².